The van der Waals surface area contributed by atoms with Gasteiger partial charge in [-0.15, -0.1) is 0 Å². The highest BCUT2D eigenvalue weighted by Crippen LogP contribution is 2.35. The lowest BCUT2D eigenvalue weighted by Crippen LogP contribution is -2.46. The molecule has 0 spiro atoms. The van der Waals surface area contributed by atoms with Crippen LogP contribution in [0.3, 0.4) is 0 Å². The number of rotatable bonds is 5. The lowest BCUT2D eigenvalue weighted by Gasteiger charge is -2.28. The fraction of sp³-hybridized carbons (Fsp3) is 0.333. The average molecular weight is 351 g/mol. The summed E-state index contributed by atoms with van der Waals surface area (Å²) in [6.07, 6.45) is 0. The van der Waals surface area contributed by atoms with Crippen LogP contribution in [0, 0.1) is 0 Å². The van der Waals surface area contributed by atoms with Crippen molar-refractivity contribution in [3.05, 3.63) is 71.8 Å². The molecule has 0 bridgehead atoms. The third kappa shape index (κ3) is 3.35. The number of carbonyl (C=O) groups excluding carboxylic acids is 2. The minimum Gasteiger partial charge on any atom is -0.315 e. The normalized spacial score (nSPS) is 16.7. The van der Waals surface area contributed by atoms with E-state index in [2.05, 4.69) is 31.4 Å². The molecule has 0 aromatic heterocycles. The predicted molar refractivity (Wildman–Crippen MR) is 102 cm³/mol. The van der Waals surface area contributed by atoms with Crippen LogP contribution in [0.1, 0.15) is 31.9 Å². The Morgan fingerprint density at radius 1 is 0.923 bits per heavy atom. The zero-order chi connectivity index (χ0) is 18.8. The van der Waals surface area contributed by atoms with E-state index in [0.29, 0.717) is 13.1 Å². The van der Waals surface area contributed by atoms with Crippen molar-refractivity contribution in [1.82, 2.24) is 15.5 Å². The van der Waals surface area contributed by atoms with Gasteiger partial charge >= 0.3 is 6.03 Å². The largest absolute Gasteiger partial charge is 0.325 e. The molecule has 1 heterocycles. The van der Waals surface area contributed by atoms with Gasteiger partial charge in [-0.05, 0) is 31.9 Å². The van der Waals surface area contributed by atoms with Crippen molar-refractivity contribution in [2.45, 2.75) is 31.8 Å². The summed E-state index contributed by atoms with van der Waals surface area (Å²) in [5, 5.41) is 6.28. The molecule has 136 valence electrons. The molecule has 0 atom stereocenters. The molecule has 1 saturated heterocycles. The van der Waals surface area contributed by atoms with E-state index in [1.807, 2.05) is 60.7 Å². The summed E-state index contributed by atoms with van der Waals surface area (Å²) in [7, 11) is 0. The Bertz CT molecular complexity index is 742. The quantitative estimate of drug-likeness (QED) is 0.815. The first-order valence-corrected chi connectivity index (χ1v) is 8.85. The summed E-state index contributed by atoms with van der Waals surface area (Å²) in [5.74, 6) is -0.240. The molecule has 3 rings (SSSR count). The van der Waals surface area contributed by atoms with Crippen LogP contribution < -0.4 is 10.6 Å². The van der Waals surface area contributed by atoms with Gasteiger partial charge in [-0.3, -0.25) is 9.69 Å². The van der Waals surface area contributed by atoms with Crippen LogP contribution in [0.15, 0.2) is 60.7 Å². The Morgan fingerprint density at radius 3 is 1.88 bits per heavy atom. The fourth-order valence-corrected chi connectivity index (χ4v) is 3.26. The summed E-state index contributed by atoms with van der Waals surface area (Å²) in [5.41, 5.74) is 0.267. The summed E-state index contributed by atoms with van der Waals surface area (Å²) in [4.78, 5) is 27.4. The maximum Gasteiger partial charge on any atom is 0.325 e. The number of nitrogens with zero attached hydrogens (tertiary/aromatic N) is 1. The van der Waals surface area contributed by atoms with E-state index in [-0.39, 0.29) is 17.5 Å². The molecule has 0 radical (unpaired) electrons. The third-order valence-electron chi connectivity index (χ3n) is 4.51. The molecule has 0 saturated carbocycles. The highest BCUT2D eigenvalue weighted by atomic mass is 16.2. The Kier molecular flexibility index (Phi) is 4.83. The first-order chi connectivity index (χ1) is 12.3. The second-order valence-corrected chi connectivity index (χ2v) is 7.55. The van der Waals surface area contributed by atoms with E-state index in [9.17, 15) is 9.59 Å². The van der Waals surface area contributed by atoms with Gasteiger partial charge < -0.3 is 10.6 Å². The standard InChI is InChI=1S/C21H25N3O2/c1-20(2,3)22-14-15-24-18(25)21(23-19(24)26,16-10-6-4-7-11-16)17-12-8-5-9-13-17/h4-13,22H,14-15H2,1-3H3,(H,23,26). The van der Waals surface area contributed by atoms with Crippen LogP contribution in [-0.2, 0) is 10.3 Å². The number of nitrogens with one attached hydrogen (secondary N) is 2. The van der Waals surface area contributed by atoms with Crippen LogP contribution in [0.4, 0.5) is 4.79 Å². The highest BCUT2D eigenvalue weighted by molar-refractivity contribution is 6.09. The van der Waals surface area contributed by atoms with Gasteiger partial charge in [-0.1, -0.05) is 60.7 Å². The lowest BCUT2D eigenvalue weighted by molar-refractivity contribution is -0.130. The molecule has 5 heteroatoms. The number of hydrogen-bond acceptors (Lipinski definition) is 3. The van der Waals surface area contributed by atoms with Gasteiger partial charge in [0.2, 0.25) is 0 Å². The van der Waals surface area contributed by atoms with Crippen molar-refractivity contribution < 1.29 is 9.59 Å². The molecule has 2 aromatic carbocycles. The molecule has 2 aromatic rings. The SMILES string of the molecule is CC(C)(C)NCCN1C(=O)NC(c2ccccc2)(c2ccccc2)C1=O. The van der Waals surface area contributed by atoms with Gasteiger partial charge in [0.1, 0.15) is 0 Å². The maximum absolute atomic E-state index is 13.4. The van der Waals surface area contributed by atoms with Gasteiger partial charge in [0.15, 0.2) is 5.54 Å². The molecule has 0 unspecified atom stereocenters. The second kappa shape index (κ2) is 6.92. The van der Waals surface area contributed by atoms with E-state index in [4.69, 9.17) is 0 Å². The number of imide groups is 1. The molecule has 26 heavy (non-hydrogen) atoms. The van der Waals surface area contributed by atoms with Gasteiger partial charge in [0.05, 0.1) is 0 Å². The van der Waals surface area contributed by atoms with Crippen LogP contribution in [-0.4, -0.2) is 35.5 Å². The van der Waals surface area contributed by atoms with Crippen molar-refractivity contribution in [2.75, 3.05) is 13.1 Å². The van der Waals surface area contributed by atoms with Gasteiger partial charge in [0.25, 0.3) is 5.91 Å². The first kappa shape index (κ1) is 18.1. The molecule has 5 nitrogen and oxygen atoms in total. The molecule has 1 aliphatic heterocycles. The van der Waals surface area contributed by atoms with Crippen molar-refractivity contribution in [3.63, 3.8) is 0 Å². The molecular weight excluding hydrogens is 326 g/mol. The number of hydrogen-bond donors (Lipinski definition) is 2. The van der Waals surface area contributed by atoms with E-state index >= 15 is 0 Å². The van der Waals surface area contributed by atoms with E-state index < -0.39 is 5.54 Å². The summed E-state index contributed by atoms with van der Waals surface area (Å²) in [6, 6.07) is 18.5. The summed E-state index contributed by atoms with van der Waals surface area (Å²) < 4.78 is 0. The van der Waals surface area contributed by atoms with Crippen molar-refractivity contribution in [1.29, 1.82) is 0 Å². The molecular formula is C21H25N3O2. The number of amides is 3. The third-order valence-corrected chi connectivity index (χ3v) is 4.51. The Labute approximate surface area is 154 Å². The molecule has 3 amide bonds. The minimum atomic E-state index is -1.18. The Hall–Kier alpha value is -2.66. The van der Waals surface area contributed by atoms with Crippen LogP contribution in [0.25, 0.3) is 0 Å². The lowest BCUT2D eigenvalue weighted by atomic mass is 9.82. The van der Waals surface area contributed by atoms with Gasteiger partial charge in [-0.25, -0.2) is 4.79 Å². The smallest absolute Gasteiger partial charge is 0.315 e. The summed E-state index contributed by atoms with van der Waals surface area (Å²) >= 11 is 0. The minimum absolute atomic E-state index is 0.0742. The van der Waals surface area contributed by atoms with Crippen molar-refractivity contribution >= 4 is 11.9 Å². The molecule has 1 fully saturated rings. The molecule has 2 N–H and O–H groups in total. The van der Waals surface area contributed by atoms with Crippen LogP contribution in [0.5, 0.6) is 0 Å². The highest BCUT2D eigenvalue weighted by Gasteiger charge is 2.53. The van der Waals surface area contributed by atoms with Crippen LogP contribution in [0.2, 0.25) is 0 Å². The monoisotopic (exact) mass is 351 g/mol. The van der Waals surface area contributed by atoms with Gasteiger partial charge in [-0.2, -0.15) is 0 Å². The molecule has 1 aliphatic rings. The van der Waals surface area contributed by atoms with E-state index in [0.717, 1.165) is 11.1 Å². The molecule has 0 aliphatic carbocycles. The van der Waals surface area contributed by atoms with Gasteiger partial charge in [0, 0.05) is 18.6 Å². The zero-order valence-electron chi connectivity index (χ0n) is 15.5. The zero-order valence-corrected chi connectivity index (χ0v) is 15.5. The second-order valence-electron chi connectivity index (χ2n) is 7.55. The average Bonchev–Trinajstić information content (AvgIpc) is 2.88. The number of urea groups is 1. The first-order valence-electron chi connectivity index (χ1n) is 8.85. The number of benzene rings is 2. The van der Waals surface area contributed by atoms with Crippen molar-refractivity contribution in [2.24, 2.45) is 0 Å². The predicted octanol–water partition coefficient (Wildman–Crippen LogP) is 2.87. The fourth-order valence-electron chi connectivity index (χ4n) is 3.26. The number of carbonyl (C=O) groups is 2. The Morgan fingerprint density at radius 2 is 1.42 bits per heavy atom. The summed E-state index contributed by atoms with van der Waals surface area (Å²) in [6.45, 7) is 7.02. The van der Waals surface area contributed by atoms with E-state index in [1.54, 1.807) is 0 Å². The Balaban J connectivity index is 1.96. The topological polar surface area (TPSA) is 61.4 Å². The maximum atomic E-state index is 13.4. The van der Waals surface area contributed by atoms with Crippen molar-refractivity contribution in [3.8, 4) is 0 Å². The van der Waals surface area contributed by atoms with Crippen LogP contribution >= 0.6 is 0 Å². The van der Waals surface area contributed by atoms with E-state index in [1.165, 1.54) is 4.90 Å².